The molecule has 0 radical (unpaired) electrons. The maximum Gasteiger partial charge on any atom is 0.217 e. The van der Waals surface area contributed by atoms with Crippen LogP contribution in [0.2, 0.25) is 0 Å². The molecule has 1 heterocycles. The summed E-state index contributed by atoms with van der Waals surface area (Å²) in [6.07, 6.45) is 3.85. The summed E-state index contributed by atoms with van der Waals surface area (Å²) in [5, 5.41) is 3.24. The van der Waals surface area contributed by atoms with Crippen molar-refractivity contribution in [2.75, 3.05) is 19.6 Å². The van der Waals surface area contributed by atoms with Gasteiger partial charge in [0.15, 0.2) is 0 Å². The lowest BCUT2D eigenvalue weighted by Gasteiger charge is -2.39. The summed E-state index contributed by atoms with van der Waals surface area (Å²) < 4.78 is 26.4. The highest BCUT2D eigenvalue weighted by atomic mass is 32.2. The van der Waals surface area contributed by atoms with Crippen LogP contribution in [0, 0.1) is 0 Å². The number of nitrogens with zero attached hydrogens (tertiary/aromatic N) is 1. The van der Waals surface area contributed by atoms with Crippen LogP contribution in [-0.4, -0.2) is 43.1 Å². The molecule has 0 spiro atoms. The SMILES string of the molecule is CC1(C)CN(S(=O)(=O)C2CCCC2)CCN1. The normalized spacial score (nSPS) is 28.4. The van der Waals surface area contributed by atoms with Gasteiger partial charge in [-0.1, -0.05) is 12.8 Å². The zero-order valence-corrected chi connectivity index (χ0v) is 11.0. The standard InChI is InChI=1S/C11H22N2O2S/c1-11(2)9-13(8-7-12-11)16(14,15)10-5-3-4-6-10/h10,12H,3-9H2,1-2H3. The monoisotopic (exact) mass is 246 g/mol. The summed E-state index contributed by atoms with van der Waals surface area (Å²) >= 11 is 0. The Morgan fingerprint density at radius 3 is 2.44 bits per heavy atom. The first-order valence-electron chi connectivity index (χ1n) is 6.16. The molecule has 0 bridgehead atoms. The van der Waals surface area contributed by atoms with Gasteiger partial charge in [-0.2, -0.15) is 4.31 Å². The molecular weight excluding hydrogens is 224 g/mol. The molecule has 0 aromatic carbocycles. The third kappa shape index (κ3) is 2.41. The lowest BCUT2D eigenvalue weighted by molar-refractivity contribution is 0.232. The van der Waals surface area contributed by atoms with Crippen LogP contribution >= 0.6 is 0 Å². The molecule has 1 aliphatic carbocycles. The van der Waals surface area contributed by atoms with Crippen molar-refractivity contribution < 1.29 is 8.42 Å². The van der Waals surface area contributed by atoms with Crippen LogP contribution < -0.4 is 5.32 Å². The van der Waals surface area contributed by atoms with Gasteiger partial charge in [0, 0.05) is 25.2 Å². The van der Waals surface area contributed by atoms with E-state index in [2.05, 4.69) is 19.2 Å². The minimum Gasteiger partial charge on any atom is -0.309 e. The van der Waals surface area contributed by atoms with E-state index >= 15 is 0 Å². The second-order valence-corrected chi connectivity index (χ2v) is 7.81. The first-order chi connectivity index (χ1) is 7.42. The first-order valence-corrected chi connectivity index (χ1v) is 7.66. The zero-order chi connectivity index (χ0) is 11.8. The van der Waals surface area contributed by atoms with Gasteiger partial charge in [0.05, 0.1) is 5.25 Å². The van der Waals surface area contributed by atoms with Crippen molar-refractivity contribution in [3.8, 4) is 0 Å². The summed E-state index contributed by atoms with van der Waals surface area (Å²) in [6, 6.07) is 0. The molecule has 0 atom stereocenters. The molecule has 5 heteroatoms. The molecule has 16 heavy (non-hydrogen) atoms. The number of sulfonamides is 1. The van der Waals surface area contributed by atoms with Gasteiger partial charge in [-0.3, -0.25) is 0 Å². The fourth-order valence-corrected chi connectivity index (χ4v) is 4.91. The van der Waals surface area contributed by atoms with Gasteiger partial charge in [0.25, 0.3) is 0 Å². The highest BCUT2D eigenvalue weighted by molar-refractivity contribution is 7.89. The zero-order valence-electron chi connectivity index (χ0n) is 10.2. The summed E-state index contributed by atoms with van der Waals surface area (Å²) in [5.74, 6) is 0. The molecule has 2 fully saturated rings. The first kappa shape index (κ1) is 12.3. The van der Waals surface area contributed by atoms with E-state index in [-0.39, 0.29) is 10.8 Å². The Kier molecular flexibility index (Phi) is 3.29. The molecule has 1 aliphatic heterocycles. The Hall–Kier alpha value is -0.130. The average molecular weight is 246 g/mol. The Morgan fingerprint density at radius 2 is 1.88 bits per heavy atom. The Balaban J connectivity index is 2.11. The Morgan fingerprint density at radius 1 is 1.25 bits per heavy atom. The quantitative estimate of drug-likeness (QED) is 0.789. The van der Waals surface area contributed by atoms with Crippen molar-refractivity contribution in [2.24, 2.45) is 0 Å². The summed E-state index contributed by atoms with van der Waals surface area (Å²) in [6.45, 7) is 6.11. The highest BCUT2D eigenvalue weighted by Crippen LogP contribution is 2.28. The van der Waals surface area contributed by atoms with Crippen molar-refractivity contribution >= 4 is 10.0 Å². The van der Waals surface area contributed by atoms with Crippen LogP contribution in [-0.2, 0) is 10.0 Å². The van der Waals surface area contributed by atoms with Gasteiger partial charge in [-0.25, -0.2) is 8.42 Å². The maximum atomic E-state index is 12.4. The van der Waals surface area contributed by atoms with Gasteiger partial charge < -0.3 is 5.32 Å². The minimum absolute atomic E-state index is 0.0933. The van der Waals surface area contributed by atoms with Crippen molar-refractivity contribution in [1.82, 2.24) is 9.62 Å². The summed E-state index contributed by atoms with van der Waals surface area (Å²) in [4.78, 5) is 0. The second kappa shape index (κ2) is 4.27. The molecule has 1 N–H and O–H groups in total. The molecule has 2 aliphatic rings. The van der Waals surface area contributed by atoms with E-state index in [1.54, 1.807) is 4.31 Å². The molecular formula is C11H22N2O2S. The number of nitrogens with one attached hydrogen (secondary N) is 1. The molecule has 0 aromatic heterocycles. The average Bonchev–Trinajstić information content (AvgIpc) is 2.69. The van der Waals surface area contributed by atoms with Crippen LogP contribution in [0.5, 0.6) is 0 Å². The van der Waals surface area contributed by atoms with Crippen molar-refractivity contribution in [3.05, 3.63) is 0 Å². The van der Waals surface area contributed by atoms with Crippen molar-refractivity contribution in [3.63, 3.8) is 0 Å². The lowest BCUT2D eigenvalue weighted by atomic mass is 10.0. The third-order valence-electron chi connectivity index (χ3n) is 3.62. The Labute approximate surface area is 98.4 Å². The van der Waals surface area contributed by atoms with Crippen molar-refractivity contribution in [1.29, 1.82) is 0 Å². The van der Waals surface area contributed by atoms with Gasteiger partial charge in [-0.15, -0.1) is 0 Å². The van der Waals surface area contributed by atoms with E-state index < -0.39 is 10.0 Å². The molecule has 0 aromatic rings. The van der Waals surface area contributed by atoms with E-state index in [9.17, 15) is 8.42 Å². The molecule has 0 amide bonds. The predicted octanol–water partition coefficient (Wildman–Crippen LogP) is 0.943. The largest absolute Gasteiger partial charge is 0.309 e. The topological polar surface area (TPSA) is 49.4 Å². The van der Waals surface area contributed by atoms with Crippen LogP contribution in [0.25, 0.3) is 0 Å². The predicted molar refractivity (Wildman–Crippen MR) is 64.8 cm³/mol. The molecule has 94 valence electrons. The molecule has 2 rings (SSSR count). The summed E-state index contributed by atoms with van der Waals surface area (Å²) in [7, 11) is -3.04. The van der Waals surface area contributed by atoms with Crippen LogP contribution in [0.1, 0.15) is 39.5 Å². The van der Waals surface area contributed by atoms with E-state index in [1.807, 2.05) is 0 Å². The van der Waals surface area contributed by atoms with E-state index in [0.29, 0.717) is 13.1 Å². The van der Waals surface area contributed by atoms with Gasteiger partial charge in [0.1, 0.15) is 0 Å². The van der Waals surface area contributed by atoms with Crippen molar-refractivity contribution in [2.45, 2.75) is 50.3 Å². The molecule has 1 saturated carbocycles. The molecule has 1 saturated heterocycles. The van der Waals surface area contributed by atoms with Gasteiger partial charge in [-0.05, 0) is 26.7 Å². The number of rotatable bonds is 2. The minimum atomic E-state index is -3.04. The highest BCUT2D eigenvalue weighted by Gasteiger charge is 2.38. The van der Waals surface area contributed by atoms with Crippen LogP contribution in [0.3, 0.4) is 0 Å². The fourth-order valence-electron chi connectivity index (χ4n) is 2.71. The van der Waals surface area contributed by atoms with E-state index in [1.165, 1.54) is 0 Å². The van der Waals surface area contributed by atoms with Gasteiger partial charge in [0.2, 0.25) is 10.0 Å². The number of hydrogen-bond donors (Lipinski definition) is 1. The third-order valence-corrected chi connectivity index (χ3v) is 5.97. The van der Waals surface area contributed by atoms with E-state index in [4.69, 9.17) is 0 Å². The van der Waals surface area contributed by atoms with Crippen LogP contribution in [0.15, 0.2) is 0 Å². The molecule has 0 unspecified atom stereocenters. The van der Waals surface area contributed by atoms with E-state index in [0.717, 1.165) is 32.2 Å². The van der Waals surface area contributed by atoms with Crippen LogP contribution in [0.4, 0.5) is 0 Å². The maximum absolute atomic E-state index is 12.4. The Bertz CT molecular complexity index is 345. The van der Waals surface area contributed by atoms with Gasteiger partial charge >= 0.3 is 0 Å². The number of piperazine rings is 1. The fraction of sp³-hybridized carbons (Fsp3) is 1.00. The smallest absolute Gasteiger partial charge is 0.217 e. The number of hydrogen-bond acceptors (Lipinski definition) is 3. The molecule has 4 nitrogen and oxygen atoms in total. The second-order valence-electron chi connectivity index (χ2n) is 5.60. The lowest BCUT2D eigenvalue weighted by Crippen LogP contribution is -2.59. The summed E-state index contributed by atoms with van der Waals surface area (Å²) in [5.41, 5.74) is -0.0933.